The predicted octanol–water partition coefficient (Wildman–Crippen LogP) is 10.2. The maximum absolute atomic E-state index is 15.2. The van der Waals surface area contributed by atoms with Gasteiger partial charge in [-0.1, -0.05) is 49.8 Å². The molecule has 4 aromatic rings. The van der Waals surface area contributed by atoms with E-state index in [1.165, 1.54) is 24.3 Å². The molecule has 0 bridgehead atoms. The number of thiophene rings is 1. The molecule has 0 amide bonds. The Morgan fingerprint density at radius 3 is 2.28 bits per heavy atom. The number of rotatable bonds is 16. The zero-order chi connectivity index (χ0) is 38.5. The van der Waals surface area contributed by atoms with Gasteiger partial charge in [-0.3, -0.25) is 0 Å². The fraction of sp³-hybridized carbons (Fsp3) is 0.250. The summed E-state index contributed by atoms with van der Waals surface area (Å²) in [5.41, 5.74) is 1.06. The van der Waals surface area contributed by atoms with E-state index in [-0.39, 0.29) is 29.1 Å². The van der Waals surface area contributed by atoms with Gasteiger partial charge in [0.15, 0.2) is 16.9 Å². The Morgan fingerprint density at radius 1 is 0.889 bits per heavy atom. The molecule has 5 rings (SSSR count). The molecule has 7 nitrogen and oxygen atoms in total. The molecule has 2 heterocycles. The van der Waals surface area contributed by atoms with E-state index in [1.54, 1.807) is 24.3 Å². The van der Waals surface area contributed by atoms with Crippen LogP contribution in [0.15, 0.2) is 107 Å². The third-order valence-corrected chi connectivity index (χ3v) is 10.0. The lowest BCUT2D eigenvalue weighted by atomic mass is 9.86. The topological polar surface area (TPSA) is 113 Å². The molecule has 0 spiro atoms. The second-order valence-electron chi connectivity index (χ2n) is 12.8. The Kier molecular flexibility index (Phi) is 13.6. The van der Waals surface area contributed by atoms with Gasteiger partial charge in [0.1, 0.15) is 47.8 Å². The number of unbranched alkanes of at least 4 members (excludes halogenated alkanes) is 2. The minimum atomic E-state index is -1.62. The third-order valence-electron chi connectivity index (χ3n) is 9.03. The van der Waals surface area contributed by atoms with Crippen molar-refractivity contribution in [3.8, 4) is 24.0 Å². The van der Waals surface area contributed by atoms with Crippen LogP contribution in [-0.4, -0.2) is 24.8 Å². The highest BCUT2D eigenvalue weighted by Gasteiger charge is 2.45. The van der Waals surface area contributed by atoms with Gasteiger partial charge in [0.25, 0.3) is 0 Å². The standard InChI is InChI=1S/C44H40F2N4O3S/c1-3-4-22-50(23-8-9-24-51)35-15-12-32(42(26-35)52-30-31-10-6-5-7-11-31)13-16-36-17-18-37(54-36)19-21-39-38(29-49)43(33(27-47)28-48)53-44(39,2)40-20-14-34(45)25-41(40)46/h5-7,10-21,25-26,51H,3-4,8-9,22-24,30H2,1-2H3/b16-13+,21-19+. The van der Waals surface area contributed by atoms with Gasteiger partial charge in [-0.25, -0.2) is 8.78 Å². The second kappa shape index (κ2) is 18.7. The van der Waals surface area contributed by atoms with Crippen molar-refractivity contribution in [3.63, 3.8) is 0 Å². The molecular formula is C44H40F2N4O3S. The summed E-state index contributed by atoms with van der Waals surface area (Å²) in [6, 6.07) is 28.6. The summed E-state index contributed by atoms with van der Waals surface area (Å²) >= 11 is 1.48. The molecule has 1 unspecified atom stereocenters. The highest BCUT2D eigenvalue weighted by atomic mass is 32.1. The van der Waals surface area contributed by atoms with Crippen molar-refractivity contribution in [2.45, 2.75) is 51.7 Å². The van der Waals surface area contributed by atoms with E-state index in [9.17, 15) is 25.3 Å². The highest BCUT2D eigenvalue weighted by molar-refractivity contribution is 7.13. The molecule has 274 valence electrons. The van der Waals surface area contributed by atoms with Crippen molar-refractivity contribution in [1.82, 2.24) is 0 Å². The molecule has 1 aliphatic heterocycles. The minimum absolute atomic E-state index is 0.0497. The molecular weight excluding hydrogens is 703 g/mol. The smallest absolute Gasteiger partial charge is 0.172 e. The average molecular weight is 743 g/mol. The Hall–Kier alpha value is -5.99. The predicted molar refractivity (Wildman–Crippen MR) is 209 cm³/mol. The molecule has 0 radical (unpaired) electrons. The first-order valence-corrected chi connectivity index (χ1v) is 18.5. The third kappa shape index (κ3) is 9.32. The van der Waals surface area contributed by atoms with Gasteiger partial charge < -0.3 is 19.5 Å². The van der Waals surface area contributed by atoms with Crippen molar-refractivity contribution in [2.24, 2.45) is 0 Å². The first-order valence-electron chi connectivity index (χ1n) is 17.7. The van der Waals surface area contributed by atoms with Crippen LogP contribution in [0.5, 0.6) is 5.75 Å². The number of aliphatic hydroxyl groups excluding tert-OH is 1. The maximum atomic E-state index is 15.2. The normalized spacial score (nSPS) is 15.3. The molecule has 10 heteroatoms. The van der Waals surface area contributed by atoms with Crippen LogP contribution >= 0.6 is 11.3 Å². The average Bonchev–Trinajstić information content (AvgIpc) is 3.75. The molecule has 1 aromatic heterocycles. The molecule has 1 atom stereocenters. The summed E-state index contributed by atoms with van der Waals surface area (Å²) in [5, 5.41) is 38.6. The Morgan fingerprint density at radius 2 is 1.61 bits per heavy atom. The minimum Gasteiger partial charge on any atom is -0.488 e. The van der Waals surface area contributed by atoms with Crippen molar-refractivity contribution < 1.29 is 23.4 Å². The maximum Gasteiger partial charge on any atom is 0.172 e. The molecule has 54 heavy (non-hydrogen) atoms. The van der Waals surface area contributed by atoms with Crippen LogP contribution in [0.4, 0.5) is 14.5 Å². The monoisotopic (exact) mass is 742 g/mol. The summed E-state index contributed by atoms with van der Waals surface area (Å²) in [5.74, 6) is -1.18. The summed E-state index contributed by atoms with van der Waals surface area (Å²) in [4.78, 5) is 4.09. The summed E-state index contributed by atoms with van der Waals surface area (Å²) in [6.07, 6.45) is 11.1. The van der Waals surface area contributed by atoms with Gasteiger partial charge in [0, 0.05) is 64.0 Å². The number of benzene rings is 3. The van der Waals surface area contributed by atoms with E-state index in [2.05, 4.69) is 30.0 Å². The van der Waals surface area contributed by atoms with Crippen LogP contribution < -0.4 is 9.64 Å². The SMILES string of the molecule is CCCCN(CCCCO)c1ccc(/C=C/c2ccc(/C=C/C3=C(C#N)C(=C(C#N)C#N)OC3(C)c3ccc(F)cc3F)s2)c(OCc2ccccc2)c1. The first-order chi connectivity index (χ1) is 26.2. The molecule has 0 aliphatic carbocycles. The summed E-state index contributed by atoms with van der Waals surface area (Å²) in [7, 11) is 0. The van der Waals surface area contributed by atoms with E-state index < -0.39 is 22.8 Å². The van der Waals surface area contributed by atoms with Crippen LogP contribution in [0.25, 0.3) is 18.2 Å². The second-order valence-corrected chi connectivity index (χ2v) is 13.9. The zero-order valence-electron chi connectivity index (χ0n) is 30.2. The fourth-order valence-corrected chi connectivity index (χ4v) is 6.96. The number of allylic oxidation sites excluding steroid dienone is 2. The zero-order valence-corrected chi connectivity index (χ0v) is 31.0. The van der Waals surface area contributed by atoms with E-state index in [4.69, 9.17) is 9.47 Å². The van der Waals surface area contributed by atoms with Crippen LogP contribution in [0.2, 0.25) is 0 Å². The highest BCUT2D eigenvalue weighted by Crippen LogP contribution is 2.48. The molecule has 0 fully saturated rings. The van der Waals surface area contributed by atoms with Crippen molar-refractivity contribution in [1.29, 1.82) is 15.8 Å². The molecule has 1 aliphatic rings. The number of aliphatic hydroxyl groups is 1. The summed E-state index contributed by atoms with van der Waals surface area (Å²) in [6.45, 7) is 6.02. The number of anilines is 1. The Bertz CT molecular complexity index is 2190. The molecule has 3 aromatic carbocycles. The Labute approximate surface area is 319 Å². The van der Waals surface area contributed by atoms with Gasteiger partial charge in [0.2, 0.25) is 0 Å². The number of hydrogen-bond acceptors (Lipinski definition) is 8. The van der Waals surface area contributed by atoms with Crippen LogP contribution in [0.3, 0.4) is 0 Å². The van der Waals surface area contributed by atoms with Gasteiger partial charge >= 0.3 is 0 Å². The largest absolute Gasteiger partial charge is 0.488 e. The number of hydrogen-bond donors (Lipinski definition) is 1. The summed E-state index contributed by atoms with van der Waals surface area (Å²) < 4.78 is 41.4. The van der Waals surface area contributed by atoms with Gasteiger partial charge in [-0.15, -0.1) is 11.3 Å². The molecule has 0 saturated carbocycles. The molecule has 1 N–H and O–H groups in total. The number of nitriles is 3. The van der Waals surface area contributed by atoms with Crippen molar-refractivity contribution in [3.05, 3.63) is 145 Å². The number of nitrogens with zero attached hydrogens (tertiary/aromatic N) is 4. The number of ether oxygens (including phenoxy) is 2. The van der Waals surface area contributed by atoms with Crippen LogP contribution in [-0.2, 0) is 16.9 Å². The lowest BCUT2D eigenvalue weighted by Crippen LogP contribution is -2.25. The fourth-order valence-electron chi connectivity index (χ4n) is 6.14. The van der Waals surface area contributed by atoms with Gasteiger partial charge in [-0.05, 0) is 86.4 Å². The lowest BCUT2D eigenvalue weighted by molar-refractivity contribution is 0.0719. The molecule has 0 saturated heterocycles. The van der Waals surface area contributed by atoms with Gasteiger partial charge in [0.05, 0.1) is 0 Å². The first kappa shape index (κ1) is 39.2. The lowest BCUT2D eigenvalue weighted by Gasteiger charge is -2.27. The van der Waals surface area contributed by atoms with Gasteiger partial charge in [-0.2, -0.15) is 15.8 Å². The van der Waals surface area contributed by atoms with E-state index >= 15 is 4.39 Å². The van der Waals surface area contributed by atoms with Crippen LogP contribution in [0.1, 0.15) is 66.0 Å². The number of halogens is 2. The van der Waals surface area contributed by atoms with E-state index in [1.807, 2.05) is 60.7 Å². The van der Waals surface area contributed by atoms with Crippen molar-refractivity contribution >= 4 is 35.3 Å². The Balaban J connectivity index is 1.45. The van der Waals surface area contributed by atoms with E-state index in [0.29, 0.717) is 6.61 Å². The quantitative estimate of drug-likeness (QED) is 0.0898. The van der Waals surface area contributed by atoms with Crippen molar-refractivity contribution in [2.75, 3.05) is 24.6 Å². The van der Waals surface area contributed by atoms with Crippen LogP contribution in [0, 0.1) is 45.6 Å². The van der Waals surface area contributed by atoms with E-state index in [0.717, 1.165) is 83.2 Å².